The molecule has 0 saturated heterocycles. The molecule has 6 nitrogen and oxygen atoms in total. The molecule has 0 amide bonds. The van der Waals surface area contributed by atoms with Gasteiger partial charge >= 0.3 is 0 Å². The van der Waals surface area contributed by atoms with Crippen LogP contribution in [-0.4, -0.2) is 60.1 Å². The van der Waals surface area contributed by atoms with E-state index in [-0.39, 0.29) is 19.8 Å². The molecule has 0 spiro atoms. The maximum Gasteiger partial charge on any atom is 0.116 e. The summed E-state index contributed by atoms with van der Waals surface area (Å²) in [5.74, 6) is 0. The Balaban J connectivity index is 1.85. The molecule has 3 rings (SSSR count). The van der Waals surface area contributed by atoms with Gasteiger partial charge in [-0.15, -0.1) is 13.2 Å². The number of hydrogen-bond acceptors (Lipinski definition) is 6. The molecule has 32 heavy (non-hydrogen) atoms. The molecule has 0 bridgehead atoms. The van der Waals surface area contributed by atoms with Gasteiger partial charge in [-0.25, -0.2) is 0 Å². The third kappa shape index (κ3) is 6.36. The maximum absolute atomic E-state index is 11.0. The summed E-state index contributed by atoms with van der Waals surface area (Å²) in [7, 11) is 0. The third-order valence-corrected chi connectivity index (χ3v) is 5.38. The largest absolute Gasteiger partial charge is 0.387 e. The van der Waals surface area contributed by atoms with Crippen molar-refractivity contribution in [3.05, 3.63) is 97.1 Å². The highest BCUT2D eigenvalue weighted by Gasteiger charge is 2.52. The van der Waals surface area contributed by atoms with Crippen LogP contribution in [0.15, 0.2) is 86.0 Å². The van der Waals surface area contributed by atoms with Gasteiger partial charge in [-0.2, -0.15) is 0 Å². The maximum atomic E-state index is 11.0. The highest BCUT2D eigenvalue weighted by atomic mass is 16.6. The first-order valence-corrected chi connectivity index (χ1v) is 10.8. The molecule has 2 aromatic carbocycles. The molecule has 1 fully saturated rings. The van der Waals surface area contributed by atoms with Gasteiger partial charge in [0, 0.05) is 0 Å². The van der Waals surface area contributed by atoms with Crippen LogP contribution >= 0.6 is 0 Å². The zero-order valence-electron chi connectivity index (χ0n) is 18.2. The Kier molecular flexibility index (Phi) is 9.62. The van der Waals surface area contributed by atoms with E-state index in [4.69, 9.17) is 18.9 Å². The number of aliphatic hydroxyl groups is 2. The lowest BCUT2D eigenvalue weighted by Crippen LogP contribution is -2.66. The molecule has 2 N–H and O–H groups in total. The number of rotatable bonds is 12. The van der Waals surface area contributed by atoms with Crippen LogP contribution < -0.4 is 0 Å². The number of benzene rings is 2. The van der Waals surface area contributed by atoms with Crippen molar-refractivity contribution >= 4 is 0 Å². The molecule has 1 saturated carbocycles. The van der Waals surface area contributed by atoms with Gasteiger partial charge in [0.15, 0.2) is 0 Å². The zero-order chi connectivity index (χ0) is 22.8. The lowest BCUT2D eigenvalue weighted by Gasteiger charge is -2.46. The van der Waals surface area contributed by atoms with Crippen LogP contribution in [0.4, 0.5) is 0 Å². The monoisotopic (exact) mass is 440 g/mol. The Labute approximate surface area is 189 Å². The first kappa shape index (κ1) is 24.3. The van der Waals surface area contributed by atoms with Crippen LogP contribution in [0.2, 0.25) is 0 Å². The minimum atomic E-state index is -1.22. The number of ether oxygens (including phenoxy) is 4. The molecule has 0 radical (unpaired) electrons. The quantitative estimate of drug-likeness (QED) is 0.494. The van der Waals surface area contributed by atoms with Gasteiger partial charge in [0.2, 0.25) is 0 Å². The van der Waals surface area contributed by atoms with Crippen LogP contribution in [0.5, 0.6) is 0 Å². The summed E-state index contributed by atoms with van der Waals surface area (Å²) in [5, 5.41) is 21.8. The second kappa shape index (κ2) is 12.6. The zero-order valence-corrected chi connectivity index (χ0v) is 18.2. The number of aliphatic hydroxyl groups excluding tert-OH is 2. The Hall–Kier alpha value is -2.32. The minimum absolute atomic E-state index is 0.198. The summed E-state index contributed by atoms with van der Waals surface area (Å²) in [6.45, 7) is 8.36. The highest BCUT2D eigenvalue weighted by molar-refractivity contribution is 5.15. The average Bonchev–Trinajstić information content (AvgIpc) is 2.83. The van der Waals surface area contributed by atoms with Crippen LogP contribution in [-0.2, 0) is 32.2 Å². The fourth-order valence-electron chi connectivity index (χ4n) is 3.81. The van der Waals surface area contributed by atoms with Gasteiger partial charge < -0.3 is 29.2 Å². The molecule has 0 unspecified atom stereocenters. The van der Waals surface area contributed by atoms with E-state index in [0.29, 0.717) is 6.61 Å². The molecule has 2 aromatic rings. The van der Waals surface area contributed by atoms with Crippen LogP contribution in [0.25, 0.3) is 0 Å². The molecular weight excluding hydrogens is 408 g/mol. The van der Waals surface area contributed by atoms with E-state index in [9.17, 15) is 10.2 Å². The molecule has 6 atom stereocenters. The van der Waals surface area contributed by atoms with E-state index in [1.807, 2.05) is 60.7 Å². The van der Waals surface area contributed by atoms with Crippen molar-refractivity contribution in [3.8, 4) is 0 Å². The van der Waals surface area contributed by atoms with Gasteiger partial charge in [0.25, 0.3) is 0 Å². The van der Waals surface area contributed by atoms with Crippen LogP contribution in [0, 0.1) is 0 Å². The van der Waals surface area contributed by atoms with Crippen molar-refractivity contribution in [2.75, 3.05) is 13.2 Å². The Morgan fingerprint density at radius 2 is 0.969 bits per heavy atom. The van der Waals surface area contributed by atoms with Crippen molar-refractivity contribution in [1.82, 2.24) is 0 Å². The van der Waals surface area contributed by atoms with E-state index in [1.165, 1.54) is 0 Å². The summed E-state index contributed by atoms with van der Waals surface area (Å²) >= 11 is 0. The standard InChI is InChI=1S/C26H32O6/c1-3-15-29-23-21(27)22(28)24(31-17-19-11-7-5-8-12-19)26(25(23)30-16-4-2)32-18-20-13-9-6-10-14-20/h3-14,21-28H,1-2,15-18H2/t21-,22+,23-,24-,25+,26+/m1/s1. The average molecular weight is 441 g/mol. The summed E-state index contributed by atoms with van der Waals surface area (Å²) in [6.07, 6.45) is -2.26. The molecule has 0 aliphatic heterocycles. The molecule has 6 heteroatoms. The van der Waals surface area contributed by atoms with E-state index < -0.39 is 36.6 Å². The summed E-state index contributed by atoms with van der Waals surface area (Å²) < 4.78 is 24.1. The van der Waals surface area contributed by atoms with Gasteiger partial charge in [0.1, 0.15) is 36.6 Å². The third-order valence-electron chi connectivity index (χ3n) is 5.38. The van der Waals surface area contributed by atoms with Crippen molar-refractivity contribution in [1.29, 1.82) is 0 Å². The highest BCUT2D eigenvalue weighted by Crippen LogP contribution is 2.31. The van der Waals surface area contributed by atoms with E-state index in [2.05, 4.69) is 13.2 Å². The molecule has 1 aliphatic rings. The SMILES string of the molecule is C=CCO[C@@H]1[C@@H](OCc2ccccc2)[C@H](OCc2ccccc2)[C@@H](O)[C@@H](O)[C@H]1OCC=C. The van der Waals surface area contributed by atoms with Gasteiger partial charge in [-0.1, -0.05) is 72.8 Å². The van der Waals surface area contributed by atoms with Crippen LogP contribution in [0.3, 0.4) is 0 Å². The predicted octanol–water partition coefficient (Wildman–Crippen LogP) is 3.04. The molecule has 0 aromatic heterocycles. The fourth-order valence-corrected chi connectivity index (χ4v) is 3.81. The normalized spacial score (nSPS) is 27.7. The van der Waals surface area contributed by atoms with Gasteiger partial charge in [0.05, 0.1) is 26.4 Å². The molecular formula is C26H32O6. The summed E-state index contributed by atoms with van der Waals surface area (Å²) in [6, 6.07) is 19.4. The Morgan fingerprint density at radius 1 is 0.594 bits per heavy atom. The van der Waals surface area contributed by atoms with Gasteiger partial charge in [-0.05, 0) is 11.1 Å². The number of hydrogen-bond donors (Lipinski definition) is 2. The van der Waals surface area contributed by atoms with E-state index in [0.717, 1.165) is 11.1 Å². The lowest BCUT2D eigenvalue weighted by atomic mass is 9.84. The van der Waals surface area contributed by atoms with E-state index >= 15 is 0 Å². The Morgan fingerprint density at radius 3 is 1.44 bits per heavy atom. The lowest BCUT2D eigenvalue weighted by molar-refractivity contribution is -0.266. The second-order valence-corrected chi connectivity index (χ2v) is 7.68. The van der Waals surface area contributed by atoms with Crippen LogP contribution in [0.1, 0.15) is 11.1 Å². The minimum Gasteiger partial charge on any atom is -0.387 e. The van der Waals surface area contributed by atoms with Crippen molar-refractivity contribution in [2.24, 2.45) is 0 Å². The second-order valence-electron chi connectivity index (χ2n) is 7.68. The van der Waals surface area contributed by atoms with Crippen molar-refractivity contribution < 1.29 is 29.2 Å². The summed E-state index contributed by atoms with van der Waals surface area (Å²) in [5.41, 5.74) is 1.92. The smallest absolute Gasteiger partial charge is 0.116 e. The first-order chi connectivity index (χ1) is 15.7. The molecule has 0 heterocycles. The van der Waals surface area contributed by atoms with Gasteiger partial charge in [-0.3, -0.25) is 0 Å². The Bertz CT molecular complexity index is 812. The fraction of sp³-hybridized carbons (Fsp3) is 0.385. The summed E-state index contributed by atoms with van der Waals surface area (Å²) in [4.78, 5) is 0. The topological polar surface area (TPSA) is 77.4 Å². The first-order valence-electron chi connectivity index (χ1n) is 10.8. The van der Waals surface area contributed by atoms with Crippen molar-refractivity contribution in [2.45, 2.75) is 49.8 Å². The van der Waals surface area contributed by atoms with E-state index in [1.54, 1.807) is 12.2 Å². The predicted molar refractivity (Wildman–Crippen MR) is 122 cm³/mol. The molecule has 1 aliphatic carbocycles. The molecule has 172 valence electrons. The van der Waals surface area contributed by atoms with Crippen molar-refractivity contribution in [3.63, 3.8) is 0 Å².